The van der Waals surface area contributed by atoms with Crippen LogP contribution in [-0.2, 0) is 20.7 Å². The van der Waals surface area contributed by atoms with Gasteiger partial charge in [-0.3, -0.25) is 9.59 Å². The second-order valence-corrected chi connectivity index (χ2v) is 6.75. The SMILES string of the molecule is CNC(=O)[C@]12CCOC[C@H]1CN(C(=O)CCCc1ncc(C)o1)C2. The van der Waals surface area contributed by atoms with Gasteiger partial charge in [0.15, 0.2) is 5.89 Å². The molecule has 2 aliphatic rings. The lowest BCUT2D eigenvalue weighted by Gasteiger charge is -2.36. The molecule has 0 unspecified atom stereocenters. The van der Waals surface area contributed by atoms with Gasteiger partial charge in [-0.15, -0.1) is 0 Å². The van der Waals surface area contributed by atoms with Crippen molar-refractivity contribution in [3.8, 4) is 0 Å². The van der Waals surface area contributed by atoms with E-state index in [-0.39, 0.29) is 17.7 Å². The number of carbonyl (C=O) groups is 2. The number of hydrogen-bond acceptors (Lipinski definition) is 5. The fourth-order valence-corrected chi connectivity index (χ4v) is 3.83. The Morgan fingerprint density at radius 2 is 2.33 bits per heavy atom. The summed E-state index contributed by atoms with van der Waals surface area (Å²) >= 11 is 0. The molecular formula is C17H25N3O4. The van der Waals surface area contributed by atoms with Crippen LogP contribution >= 0.6 is 0 Å². The summed E-state index contributed by atoms with van der Waals surface area (Å²) in [6.45, 7) is 4.08. The molecule has 2 amide bonds. The molecular weight excluding hydrogens is 310 g/mol. The highest BCUT2D eigenvalue weighted by atomic mass is 16.5. The number of nitrogens with zero attached hydrogens (tertiary/aromatic N) is 2. The summed E-state index contributed by atoms with van der Waals surface area (Å²) in [5.41, 5.74) is -0.484. The Morgan fingerprint density at radius 3 is 3.04 bits per heavy atom. The highest BCUT2D eigenvalue weighted by molar-refractivity contribution is 5.85. The summed E-state index contributed by atoms with van der Waals surface area (Å²) < 4.78 is 11.0. The summed E-state index contributed by atoms with van der Waals surface area (Å²) in [7, 11) is 1.66. The van der Waals surface area contributed by atoms with E-state index in [0.29, 0.717) is 57.9 Å². The average Bonchev–Trinajstić information content (AvgIpc) is 3.18. The normalized spacial score (nSPS) is 26.2. The fourth-order valence-electron chi connectivity index (χ4n) is 3.83. The molecule has 1 aromatic rings. The molecule has 0 radical (unpaired) electrons. The molecule has 0 spiro atoms. The van der Waals surface area contributed by atoms with Crippen LogP contribution < -0.4 is 5.32 Å². The van der Waals surface area contributed by atoms with Crippen LogP contribution in [0.5, 0.6) is 0 Å². The van der Waals surface area contributed by atoms with E-state index < -0.39 is 5.41 Å². The van der Waals surface area contributed by atoms with E-state index in [1.807, 2.05) is 11.8 Å². The topological polar surface area (TPSA) is 84.7 Å². The minimum Gasteiger partial charge on any atom is -0.446 e. The monoisotopic (exact) mass is 335 g/mol. The first-order chi connectivity index (χ1) is 11.5. The number of likely N-dealkylation sites (tertiary alicyclic amines) is 1. The van der Waals surface area contributed by atoms with E-state index in [0.717, 1.165) is 5.76 Å². The van der Waals surface area contributed by atoms with E-state index in [1.54, 1.807) is 13.2 Å². The molecule has 1 N–H and O–H groups in total. The molecule has 0 saturated carbocycles. The van der Waals surface area contributed by atoms with E-state index >= 15 is 0 Å². The van der Waals surface area contributed by atoms with Gasteiger partial charge in [-0.25, -0.2) is 4.98 Å². The van der Waals surface area contributed by atoms with Crippen molar-refractivity contribution in [2.75, 3.05) is 33.4 Å². The van der Waals surface area contributed by atoms with Crippen LogP contribution in [0.15, 0.2) is 10.6 Å². The number of aryl methyl sites for hydroxylation is 2. The smallest absolute Gasteiger partial charge is 0.228 e. The van der Waals surface area contributed by atoms with Gasteiger partial charge in [0.2, 0.25) is 11.8 Å². The first-order valence-electron chi connectivity index (χ1n) is 8.54. The average molecular weight is 335 g/mol. The number of fused-ring (bicyclic) bond motifs is 1. The Kier molecular flexibility index (Phi) is 4.89. The molecule has 2 aliphatic heterocycles. The van der Waals surface area contributed by atoms with Crippen molar-refractivity contribution >= 4 is 11.8 Å². The van der Waals surface area contributed by atoms with E-state index in [4.69, 9.17) is 9.15 Å². The Hall–Kier alpha value is -1.89. The molecule has 2 fully saturated rings. The highest BCUT2D eigenvalue weighted by Gasteiger charge is 2.54. The number of nitrogens with one attached hydrogen (secondary N) is 1. The van der Waals surface area contributed by atoms with Gasteiger partial charge in [0, 0.05) is 45.5 Å². The van der Waals surface area contributed by atoms with Crippen molar-refractivity contribution in [2.45, 2.75) is 32.6 Å². The van der Waals surface area contributed by atoms with Crippen molar-refractivity contribution < 1.29 is 18.7 Å². The van der Waals surface area contributed by atoms with Crippen LogP contribution in [0.2, 0.25) is 0 Å². The Labute approximate surface area is 141 Å². The standard InChI is InChI=1S/C17H25N3O4/c1-12-8-19-14(24-12)4-3-5-15(21)20-9-13-10-23-7-6-17(13,11-20)16(22)18-2/h8,13H,3-7,9-11H2,1-2H3,(H,18,22)/t13-,17+/m1/s1. The number of oxazole rings is 1. The predicted molar refractivity (Wildman–Crippen MR) is 86.2 cm³/mol. The maximum Gasteiger partial charge on any atom is 0.228 e. The third kappa shape index (κ3) is 3.17. The second-order valence-electron chi connectivity index (χ2n) is 6.75. The third-order valence-electron chi connectivity index (χ3n) is 5.19. The van der Waals surface area contributed by atoms with Gasteiger partial charge in [-0.2, -0.15) is 0 Å². The highest BCUT2D eigenvalue weighted by Crippen LogP contribution is 2.42. The van der Waals surface area contributed by atoms with Crippen molar-refractivity contribution in [3.05, 3.63) is 17.8 Å². The van der Waals surface area contributed by atoms with Crippen LogP contribution in [0.4, 0.5) is 0 Å². The minimum atomic E-state index is -0.484. The van der Waals surface area contributed by atoms with Crippen LogP contribution in [-0.4, -0.2) is 55.0 Å². The van der Waals surface area contributed by atoms with Gasteiger partial charge in [0.1, 0.15) is 5.76 Å². The predicted octanol–water partition coefficient (Wildman–Crippen LogP) is 0.917. The van der Waals surface area contributed by atoms with Gasteiger partial charge in [0.05, 0.1) is 18.2 Å². The number of hydrogen-bond donors (Lipinski definition) is 1. The van der Waals surface area contributed by atoms with Crippen molar-refractivity contribution in [3.63, 3.8) is 0 Å². The molecule has 1 aromatic heterocycles. The lowest BCUT2D eigenvalue weighted by atomic mass is 9.73. The molecule has 2 saturated heterocycles. The van der Waals surface area contributed by atoms with Gasteiger partial charge in [0.25, 0.3) is 0 Å². The quantitative estimate of drug-likeness (QED) is 0.865. The largest absolute Gasteiger partial charge is 0.446 e. The lowest BCUT2D eigenvalue weighted by Crippen LogP contribution is -2.49. The Balaban J connectivity index is 1.57. The van der Waals surface area contributed by atoms with Crippen molar-refractivity contribution in [1.29, 1.82) is 0 Å². The van der Waals surface area contributed by atoms with Gasteiger partial charge in [-0.1, -0.05) is 0 Å². The first-order valence-corrected chi connectivity index (χ1v) is 8.54. The maximum absolute atomic E-state index is 12.5. The lowest BCUT2D eigenvalue weighted by molar-refractivity contribution is -0.139. The summed E-state index contributed by atoms with van der Waals surface area (Å²) in [5, 5.41) is 2.77. The van der Waals surface area contributed by atoms with Gasteiger partial charge in [-0.05, 0) is 19.8 Å². The number of aromatic nitrogens is 1. The molecule has 24 heavy (non-hydrogen) atoms. The van der Waals surface area contributed by atoms with Crippen LogP contribution in [0.1, 0.15) is 30.9 Å². The molecule has 132 valence electrons. The Morgan fingerprint density at radius 1 is 1.50 bits per heavy atom. The maximum atomic E-state index is 12.5. The summed E-state index contributed by atoms with van der Waals surface area (Å²) in [4.78, 5) is 30.9. The minimum absolute atomic E-state index is 0.0290. The Bertz CT molecular complexity index is 615. The summed E-state index contributed by atoms with van der Waals surface area (Å²) in [5.74, 6) is 1.67. The molecule has 3 heterocycles. The molecule has 0 aromatic carbocycles. The van der Waals surface area contributed by atoms with Crippen LogP contribution in [0.3, 0.4) is 0 Å². The fraction of sp³-hybridized carbons (Fsp3) is 0.706. The van der Waals surface area contributed by atoms with Gasteiger partial charge < -0.3 is 19.4 Å². The zero-order valence-corrected chi connectivity index (χ0v) is 14.3. The molecule has 2 atom stereocenters. The molecule has 0 aliphatic carbocycles. The first kappa shape index (κ1) is 17.0. The van der Waals surface area contributed by atoms with Crippen molar-refractivity contribution in [1.82, 2.24) is 15.2 Å². The number of carbonyl (C=O) groups excluding carboxylic acids is 2. The molecule has 3 rings (SSSR count). The summed E-state index contributed by atoms with van der Waals surface area (Å²) in [6, 6.07) is 0. The molecule has 7 heteroatoms. The number of amides is 2. The van der Waals surface area contributed by atoms with Gasteiger partial charge >= 0.3 is 0 Å². The molecule has 7 nitrogen and oxygen atoms in total. The van der Waals surface area contributed by atoms with Crippen LogP contribution in [0.25, 0.3) is 0 Å². The second kappa shape index (κ2) is 6.93. The molecule has 0 bridgehead atoms. The zero-order chi connectivity index (χ0) is 17.2. The van der Waals surface area contributed by atoms with E-state index in [9.17, 15) is 9.59 Å². The van der Waals surface area contributed by atoms with Crippen molar-refractivity contribution in [2.24, 2.45) is 11.3 Å². The van der Waals surface area contributed by atoms with E-state index in [1.165, 1.54) is 0 Å². The number of ether oxygens (including phenoxy) is 1. The summed E-state index contributed by atoms with van der Waals surface area (Å²) in [6.07, 6.45) is 4.16. The third-order valence-corrected chi connectivity index (χ3v) is 5.19. The number of rotatable bonds is 5. The van der Waals surface area contributed by atoms with E-state index in [2.05, 4.69) is 10.3 Å². The zero-order valence-electron chi connectivity index (χ0n) is 14.3. The van der Waals surface area contributed by atoms with Crippen LogP contribution in [0, 0.1) is 18.3 Å².